The molecule has 0 aliphatic carbocycles. The zero-order chi connectivity index (χ0) is 12.7. The molecule has 0 aromatic heterocycles. The summed E-state index contributed by atoms with van der Waals surface area (Å²) in [6.07, 6.45) is 1.65. The van der Waals surface area contributed by atoms with Crippen molar-refractivity contribution in [3.63, 3.8) is 0 Å². The number of hydrogen-bond donors (Lipinski definition) is 1. The predicted octanol–water partition coefficient (Wildman–Crippen LogP) is 3.53. The number of benzene rings is 1. The largest absolute Gasteiger partial charge is 0.352 e. The third kappa shape index (κ3) is 5.02. The van der Waals surface area contributed by atoms with Crippen LogP contribution in [0.1, 0.15) is 5.56 Å². The second kappa shape index (κ2) is 7.64. The summed E-state index contributed by atoms with van der Waals surface area (Å²) < 4.78 is 0. The van der Waals surface area contributed by atoms with Gasteiger partial charge in [-0.25, -0.2) is 0 Å². The molecule has 5 heteroatoms. The van der Waals surface area contributed by atoms with Crippen LogP contribution in [0.5, 0.6) is 0 Å². The van der Waals surface area contributed by atoms with Gasteiger partial charge in [0.15, 0.2) is 0 Å². The highest BCUT2D eigenvalue weighted by Gasteiger charge is 2.06. The lowest BCUT2D eigenvalue weighted by Crippen LogP contribution is -2.24. The van der Waals surface area contributed by atoms with Crippen LogP contribution in [0.25, 0.3) is 0 Å². The van der Waals surface area contributed by atoms with Crippen molar-refractivity contribution in [3.8, 4) is 0 Å². The maximum atomic E-state index is 11.3. The molecule has 0 saturated carbocycles. The van der Waals surface area contributed by atoms with Gasteiger partial charge >= 0.3 is 0 Å². The third-order valence-corrected chi connectivity index (χ3v) is 3.65. The van der Waals surface area contributed by atoms with Gasteiger partial charge in [0.1, 0.15) is 0 Å². The smallest absolute Gasteiger partial charge is 0.230 e. The van der Waals surface area contributed by atoms with Gasteiger partial charge in [0, 0.05) is 22.3 Å². The Labute approximate surface area is 115 Å². The number of hydrogen-bond acceptors (Lipinski definition) is 2. The molecule has 0 radical (unpaired) electrons. The molecule has 0 atom stereocenters. The van der Waals surface area contributed by atoms with Crippen LogP contribution in [0.2, 0.25) is 10.0 Å². The first-order chi connectivity index (χ1) is 8.15. The predicted molar refractivity (Wildman–Crippen MR) is 75.8 cm³/mol. The molecule has 0 fully saturated rings. The maximum absolute atomic E-state index is 11.3. The Morgan fingerprint density at radius 1 is 1.41 bits per heavy atom. The fourth-order valence-corrected chi connectivity index (χ4v) is 2.75. The molecule has 0 unspecified atom stereocenters. The Hall–Kier alpha value is -0.640. The van der Waals surface area contributed by atoms with E-state index in [2.05, 4.69) is 11.9 Å². The minimum Gasteiger partial charge on any atom is -0.352 e. The topological polar surface area (TPSA) is 29.1 Å². The molecule has 1 N–H and O–H groups in total. The molecule has 0 heterocycles. The van der Waals surface area contributed by atoms with Crippen LogP contribution < -0.4 is 5.32 Å². The van der Waals surface area contributed by atoms with Crippen molar-refractivity contribution in [2.24, 2.45) is 0 Å². The molecule has 92 valence electrons. The van der Waals surface area contributed by atoms with Crippen LogP contribution in [-0.2, 0) is 10.5 Å². The van der Waals surface area contributed by atoms with Gasteiger partial charge in [0.25, 0.3) is 0 Å². The number of thioether (sulfide) groups is 1. The standard InChI is InChI=1S/C12H13Cl2NOS/c1-2-6-15-12(16)8-17-7-9-10(13)4-3-5-11(9)14/h2-5H,1,6-8H2,(H,15,16). The summed E-state index contributed by atoms with van der Waals surface area (Å²) in [6, 6.07) is 5.39. The Bertz CT molecular complexity index is 389. The van der Waals surface area contributed by atoms with Crippen LogP contribution >= 0.6 is 35.0 Å². The van der Waals surface area contributed by atoms with E-state index in [0.29, 0.717) is 28.1 Å². The number of carbonyl (C=O) groups is 1. The Balaban J connectivity index is 2.40. The number of amides is 1. The molecule has 0 aliphatic heterocycles. The zero-order valence-corrected chi connectivity index (χ0v) is 11.5. The van der Waals surface area contributed by atoms with Crippen molar-refractivity contribution in [1.82, 2.24) is 5.32 Å². The number of halogens is 2. The summed E-state index contributed by atoms with van der Waals surface area (Å²) in [5, 5.41) is 3.98. The van der Waals surface area contributed by atoms with Crippen molar-refractivity contribution in [2.45, 2.75) is 5.75 Å². The summed E-state index contributed by atoms with van der Waals surface area (Å²) >= 11 is 13.5. The molecular weight excluding hydrogens is 277 g/mol. The van der Waals surface area contributed by atoms with E-state index in [1.54, 1.807) is 24.3 Å². The van der Waals surface area contributed by atoms with E-state index in [-0.39, 0.29) is 5.91 Å². The molecule has 17 heavy (non-hydrogen) atoms. The molecular formula is C12H13Cl2NOS. The molecule has 1 rings (SSSR count). The molecule has 0 bridgehead atoms. The second-order valence-electron chi connectivity index (χ2n) is 3.29. The van der Waals surface area contributed by atoms with Crippen molar-refractivity contribution in [2.75, 3.05) is 12.3 Å². The van der Waals surface area contributed by atoms with Gasteiger partial charge in [0.2, 0.25) is 5.91 Å². The third-order valence-electron chi connectivity index (χ3n) is 1.98. The Kier molecular flexibility index (Phi) is 6.48. The van der Waals surface area contributed by atoms with Crippen LogP contribution in [0.3, 0.4) is 0 Å². The van der Waals surface area contributed by atoms with Gasteiger partial charge in [-0.2, -0.15) is 0 Å². The lowest BCUT2D eigenvalue weighted by atomic mass is 10.2. The fraction of sp³-hybridized carbons (Fsp3) is 0.250. The minimum absolute atomic E-state index is 0.0157. The van der Waals surface area contributed by atoms with E-state index in [0.717, 1.165) is 5.56 Å². The normalized spacial score (nSPS) is 10.0. The van der Waals surface area contributed by atoms with E-state index in [4.69, 9.17) is 23.2 Å². The summed E-state index contributed by atoms with van der Waals surface area (Å²) in [7, 11) is 0. The van der Waals surface area contributed by atoms with Gasteiger partial charge in [-0.3, -0.25) is 4.79 Å². The van der Waals surface area contributed by atoms with Gasteiger partial charge in [-0.15, -0.1) is 18.3 Å². The number of nitrogens with one attached hydrogen (secondary N) is 1. The zero-order valence-electron chi connectivity index (χ0n) is 9.21. The van der Waals surface area contributed by atoms with Gasteiger partial charge in [-0.05, 0) is 17.7 Å². The number of rotatable bonds is 6. The first-order valence-corrected chi connectivity index (χ1v) is 6.94. The maximum Gasteiger partial charge on any atom is 0.230 e. The Morgan fingerprint density at radius 2 is 2.06 bits per heavy atom. The highest BCUT2D eigenvalue weighted by Crippen LogP contribution is 2.27. The lowest BCUT2D eigenvalue weighted by molar-refractivity contribution is -0.118. The molecule has 1 aromatic rings. The summed E-state index contributed by atoms with van der Waals surface area (Å²) in [4.78, 5) is 11.3. The average molecular weight is 290 g/mol. The van der Waals surface area contributed by atoms with Crippen molar-refractivity contribution >= 4 is 40.9 Å². The van der Waals surface area contributed by atoms with Gasteiger partial charge < -0.3 is 5.32 Å². The highest BCUT2D eigenvalue weighted by atomic mass is 35.5. The molecule has 2 nitrogen and oxygen atoms in total. The summed E-state index contributed by atoms with van der Waals surface area (Å²) in [5.74, 6) is 0.994. The quantitative estimate of drug-likeness (QED) is 0.812. The van der Waals surface area contributed by atoms with E-state index < -0.39 is 0 Å². The molecule has 1 amide bonds. The van der Waals surface area contributed by atoms with E-state index >= 15 is 0 Å². The molecule has 0 spiro atoms. The van der Waals surface area contributed by atoms with E-state index in [9.17, 15) is 4.79 Å². The van der Waals surface area contributed by atoms with Gasteiger partial charge in [-0.1, -0.05) is 35.3 Å². The second-order valence-corrected chi connectivity index (χ2v) is 5.09. The molecule has 0 aliphatic rings. The van der Waals surface area contributed by atoms with Crippen molar-refractivity contribution in [1.29, 1.82) is 0 Å². The van der Waals surface area contributed by atoms with Crippen LogP contribution in [0.4, 0.5) is 0 Å². The average Bonchev–Trinajstić information content (AvgIpc) is 2.30. The molecule has 0 saturated heterocycles. The first-order valence-electron chi connectivity index (χ1n) is 5.03. The van der Waals surface area contributed by atoms with Crippen LogP contribution in [0, 0.1) is 0 Å². The van der Waals surface area contributed by atoms with Gasteiger partial charge in [0.05, 0.1) is 5.75 Å². The minimum atomic E-state index is -0.0157. The SMILES string of the molecule is C=CCNC(=O)CSCc1c(Cl)cccc1Cl. The summed E-state index contributed by atoms with van der Waals surface area (Å²) in [5.41, 5.74) is 0.873. The lowest BCUT2D eigenvalue weighted by Gasteiger charge is -2.06. The van der Waals surface area contributed by atoms with Crippen LogP contribution in [0.15, 0.2) is 30.9 Å². The number of carbonyl (C=O) groups excluding carboxylic acids is 1. The van der Waals surface area contributed by atoms with E-state index in [1.807, 2.05) is 0 Å². The monoisotopic (exact) mass is 289 g/mol. The highest BCUT2D eigenvalue weighted by molar-refractivity contribution is 7.99. The fourth-order valence-electron chi connectivity index (χ4n) is 1.15. The Morgan fingerprint density at radius 3 is 2.65 bits per heavy atom. The van der Waals surface area contributed by atoms with Crippen molar-refractivity contribution < 1.29 is 4.79 Å². The van der Waals surface area contributed by atoms with Crippen LogP contribution in [-0.4, -0.2) is 18.2 Å². The van der Waals surface area contributed by atoms with E-state index in [1.165, 1.54) is 11.8 Å². The first kappa shape index (κ1) is 14.4. The summed E-state index contributed by atoms with van der Waals surface area (Å²) in [6.45, 7) is 4.02. The van der Waals surface area contributed by atoms with Crippen molar-refractivity contribution in [3.05, 3.63) is 46.5 Å². The molecule has 1 aromatic carbocycles.